The summed E-state index contributed by atoms with van der Waals surface area (Å²) in [6.07, 6.45) is 0. The summed E-state index contributed by atoms with van der Waals surface area (Å²) >= 11 is 13.5. The summed E-state index contributed by atoms with van der Waals surface area (Å²) in [5.74, 6) is 0.605. The highest BCUT2D eigenvalue weighted by Gasteiger charge is 2.11. The summed E-state index contributed by atoms with van der Waals surface area (Å²) in [6, 6.07) is 7.16. The first-order chi connectivity index (χ1) is 8.15. The van der Waals surface area contributed by atoms with E-state index in [-0.39, 0.29) is 0 Å². The summed E-state index contributed by atoms with van der Waals surface area (Å²) in [6.45, 7) is 0. The van der Waals surface area contributed by atoms with Gasteiger partial charge in [0.25, 0.3) is 0 Å². The predicted molar refractivity (Wildman–Crippen MR) is 73.4 cm³/mol. The molecule has 0 aliphatic rings. The molecular weight excluding hydrogens is 277 g/mol. The average molecular weight is 284 g/mol. The Bertz CT molecular complexity index is 682. The Morgan fingerprint density at radius 3 is 2.53 bits per heavy atom. The van der Waals surface area contributed by atoms with Gasteiger partial charge in [0.1, 0.15) is 11.3 Å². The van der Waals surface area contributed by atoms with Crippen LogP contribution < -0.4 is 5.73 Å². The van der Waals surface area contributed by atoms with Gasteiger partial charge in [-0.2, -0.15) is 5.10 Å². The zero-order chi connectivity index (χ0) is 12.0. The maximum Gasteiger partial charge on any atom is 0.145 e. The predicted octanol–water partition coefficient (Wildman–Crippen LogP) is 3.98. The van der Waals surface area contributed by atoms with E-state index in [0.29, 0.717) is 15.9 Å². The molecule has 6 heteroatoms. The third-order valence-electron chi connectivity index (χ3n) is 2.40. The highest BCUT2D eigenvalue weighted by atomic mass is 35.5. The number of halogens is 2. The van der Waals surface area contributed by atoms with E-state index >= 15 is 0 Å². The summed E-state index contributed by atoms with van der Waals surface area (Å²) in [4.78, 5) is 0. The van der Waals surface area contributed by atoms with Crippen molar-refractivity contribution < 1.29 is 0 Å². The van der Waals surface area contributed by atoms with Crippen LogP contribution in [0.5, 0.6) is 0 Å². The lowest BCUT2D eigenvalue weighted by Gasteiger charge is -2.05. The monoisotopic (exact) mass is 283 g/mol. The van der Waals surface area contributed by atoms with Crippen molar-refractivity contribution in [2.75, 3.05) is 5.73 Å². The van der Waals surface area contributed by atoms with Gasteiger partial charge < -0.3 is 5.73 Å². The lowest BCUT2D eigenvalue weighted by Crippen LogP contribution is -2.01. The standard InChI is InChI=1S/C11H7Cl2N3S/c12-6-3-7(13)5-8(4-6)16-11(14)10-9(15-16)1-2-17-10/h1-5H,14H2. The van der Waals surface area contributed by atoms with Crippen LogP contribution in [0.3, 0.4) is 0 Å². The molecule has 86 valence electrons. The van der Waals surface area contributed by atoms with Crippen molar-refractivity contribution in [1.29, 1.82) is 0 Å². The van der Waals surface area contributed by atoms with Crippen LogP contribution in [0.4, 0.5) is 5.82 Å². The minimum absolute atomic E-state index is 0.561. The molecule has 2 aromatic heterocycles. The smallest absolute Gasteiger partial charge is 0.145 e. The maximum atomic E-state index is 6.04. The molecule has 0 aliphatic heterocycles. The third-order valence-corrected chi connectivity index (χ3v) is 3.77. The molecule has 2 heterocycles. The van der Waals surface area contributed by atoms with Crippen LogP contribution in [-0.2, 0) is 0 Å². The molecule has 0 aliphatic carbocycles. The van der Waals surface area contributed by atoms with E-state index in [1.165, 1.54) is 0 Å². The van der Waals surface area contributed by atoms with Crippen LogP contribution in [0.25, 0.3) is 15.9 Å². The van der Waals surface area contributed by atoms with E-state index < -0.39 is 0 Å². The number of rotatable bonds is 1. The minimum atomic E-state index is 0.561. The number of benzene rings is 1. The van der Waals surface area contributed by atoms with Gasteiger partial charge >= 0.3 is 0 Å². The number of anilines is 1. The van der Waals surface area contributed by atoms with E-state index in [2.05, 4.69) is 5.10 Å². The third kappa shape index (κ3) is 1.78. The van der Waals surface area contributed by atoms with Crippen LogP contribution in [-0.4, -0.2) is 9.78 Å². The molecule has 0 amide bonds. The van der Waals surface area contributed by atoms with E-state index in [0.717, 1.165) is 15.9 Å². The van der Waals surface area contributed by atoms with Gasteiger partial charge in [-0.05, 0) is 29.6 Å². The van der Waals surface area contributed by atoms with Gasteiger partial charge in [0, 0.05) is 10.0 Å². The summed E-state index contributed by atoms with van der Waals surface area (Å²) in [5.41, 5.74) is 7.69. The molecule has 0 saturated heterocycles. The quantitative estimate of drug-likeness (QED) is 0.734. The van der Waals surface area contributed by atoms with Crippen molar-refractivity contribution in [3.63, 3.8) is 0 Å². The van der Waals surface area contributed by atoms with Crippen molar-refractivity contribution >= 4 is 50.6 Å². The van der Waals surface area contributed by atoms with Crippen LogP contribution in [0.15, 0.2) is 29.6 Å². The summed E-state index contributed by atoms with van der Waals surface area (Å²) in [5, 5.41) is 7.49. The summed E-state index contributed by atoms with van der Waals surface area (Å²) in [7, 11) is 0. The Labute approximate surface area is 111 Å². The van der Waals surface area contributed by atoms with Gasteiger partial charge in [0.15, 0.2) is 0 Å². The Morgan fingerprint density at radius 1 is 1.18 bits per heavy atom. The van der Waals surface area contributed by atoms with E-state index in [1.807, 2.05) is 11.4 Å². The van der Waals surface area contributed by atoms with Crippen LogP contribution in [0, 0.1) is 0 Å². The molecule has 3 nitrogen and oxygen atoms in total. The van der Waals surface area contributed by atoms with E-state index in [9.17, 15) is 0 Å². The van der Waals surface area contributed by atoms with Crippen LogP contribution >= 0.6 is 34.5 Å². The first-order valence-corrected chi connectivity index (χ1v) is 6.47. The number of nitrogens with two attached hydrogens (primary N) is 1. The molecule has 0 saturated carbocycles. The van der Waals surface area contributed by atoms with Gasteiger partial charge in [0.2, 0.25) is 0 Å². The molecule has 17 heavy (non-hydrogen) atoms. The van der Waals surface area contributed by atoms with Crippen molar-refractivity contribution in [1.82, 2.24) is 9.78 Å². The van der Waals surface area contributed by atoms with E-state index in [4.69, 9.17) is 28.9 Å². The molecule has 2 N–H and O–H groups in total. The van der Waals surface area contributed by atoms with Crippen molar-refractivity contribution in [2.24, 2.45) is 0 Å². The number of nitrogens with zero attached hydrogens (tertiary/aromatic N) is 2. The second-order valence-electron chi connectivity index (χ2n) is 3.56. The fourth-order valence-corrected chi connectivity index (χ4v) is 2.97. The summed E-state index contributed by atoms with van der Waals surface area (Å²) < 4.78 is 2.62. The fraction of sp³-hybridized carbons (Fsp3) is 0. The normalized spacial score (nSPS) is 11.2. The lowest BCUT2D eigenvalue weighted by atomic mass is 10.3. The van der Waals surface area contributed by atoms with Crippen LogP contribution in [0.2, 0.25) is 10.0 Å². The largest absolute Gasteiger partial charge is 0.382 e. The SMILES string of the molecule is Nc1c2sccc2nn1-c1cc(Cl)cc(Cl)c1. The fourth-order valence-electron chi connectivity index (χ4n) is 1.69. The Morgan fingerprint density at radius 2 is 1.88 bits per heavy atom. The molecular formula is C11H7Cl2N3S. The molecule has 0 atom stereocenters. The van der Waals surface area contributed by atoms with Crippen LogP contribution in [0.1, 0.15) is 0 Å². The Kier molecular flexibility index (Phi) is 2.50. The first-order valence-electron chi connectivity index (χ1n) is 4.83. The molecule has 0 fully saturated rings. The molecule has 0 unspecified atom stereocenters. The molecule has 0 radical (unpaired) electrons. The second-order valence-corrected chi connectivity index (χ2v) is 5.35. The number of aromatic nitrogens is 2. The number of hydrogen-bond donors (Lipinski definition) is 1. The van der Waals surface area contributed by atoms with Crippen molar-refractivity contribution in [3.05, 3.63) is 39.7 Å². The molecule has 0 spiro atoms. The number of fused-ring (bicyclic) bond motifs is 1. The zero-order valence-electron chi connectivity index (χ0n) is 8.52. The minimum Gasteiger partial charge on any atom is -0.382 e. The topological polar surface area (TPSA) is 43.8 Å². The van der Waals surface area contributed by atoms with Crippen molar-refractivity contribution in [3.8, 4) is 5.69 Å². The van der Waals surface area contributed by atoms with Crippen molar-refractivity contribution in [2.45, 2.75) is 0 Å². The number of hydrogen-bond acceptors (Lipinski definition) is 3. The molecule has 0 bridgehead atoms. The molecule has 1 aromatic carbocycles. The van der Waals surface area contributed by atoms with E-state index in [1.54, 1.807) is 34.2 Å². The molecule has 3 aromatic rings. The first kappa shape index (κ1) is 10.9. The van der Waals surface area contributed by atoms with Gasteiger partial charge in [-0.3, -0.25) is 0 Å². The Balaban J connectivity index is 2.26. The molecule has 3 rings (SSSR count). The second kappa shape index (κ2) is 3.91. The Hall–Kier alpha value is -1.23. The highest BCUT2D eigenvalue weighted by molar-refractivity contribution is 7.17. The number of thiophene rings is 1. The average Bonchev–Trinajstić information content (AvgIpc) is 2.80. The lowest BCUT2D eigenvalue weighted by molar-refractivity contribution is 0.908. The maximum absolute atomic E-state index is 6.04. The zero-order valence-corrected chi connectivity index (χ0v) is 10.9. The van der Waals surface area contributed by atoms with Gasteiger partial charge in [0.05, 0.1) is 10.4 Å². The number of nitrogen functional groups attached to an aromatic ring is 1. The van der Waals surface area contributed by atoms with Gasteiger partial charge in [-0.15, -0.1) is 11.3 Å². The highest BCUT2D eigenvalue weighted by Crippen LogP contribution is 2.30. The van der Waals surface area contributed by atoms with Gasteiger partial charge in [-0.1, -0.05) is 23.2 Å². The van der Waals surface area contributed by atoms with Gasteiger partial charge in [-0.25, -0.2) is 4.68 Å².